The van der Waals surface area contributed by atoms with Crippen LogP contribution in [-0.4, -0.2) is 25.3 Å². The Morgan fingerprint density at radius 1 is 1.35 bits per heavy atom. The zero-order chi connectivity index (χ0) is 14.6. The number of alkyl halides is 3. The summed E-state index contributed by atoms with van der Waals surface area (Å²) in [6.45, 7) is 0.851. The number of carbonyl (C=O) groups excluding carboxylic acids is 1. The molecule has 0 spiro atoms. The third kappa shape index (κ3) is 3.86. The van der Waals surface area contributed by atoms with Gasteiger partial charge in [-0.1, -0.05) is 18.2 Å². The van der Waals surface area contributed by atoms with Crippen LogP contribution in [0.4, 0.5) is 18.0 Å². The second kappa shape index (κ2) is 6.13. The summed E-state index contributed by atoms with van der Waals surface area (Å²) in [5.74, 6) is 0. The summed E-state index contributed by atoms with van der Waals surface area (Å²) in [4.78, 5) is 11.6. The molecule has 0 bridgehead atoms. The summed E-state index contributed by atoms with van der Waals surface area (Å²) >= 11 is 0. The largest absolute Gasteiger partial charge is 0.416 e. The zero-order valence-electron chi connectivity index (χ0n) is 10.7. The van der Waals surface area contributed by atoms with E-state index in [2.05, 4.69) is 10.6 Å². The molecule has 1 aromatic carbocycles. The lowest BCUT2D eigenvalue weighted by Gasteiger charge is -2.15. The number of hydrogen-bond acceptors (Lipinski definition) is 2. The van der Waals surface area contributed by atoms with Crippen LogP contribution in [0.5, 0.6) is 0 Å². The Morgan fingerprint density at radius 3 is 2.75 bits per heavy atom. The van der Waals surface area contributed by atoms with Crippen LogP contribution in [0.1, 0.15) is 17.5 Å². The van der Waals surface area contributed by atoms with Crippen LogP contribution in [0.25, 0.3) is 0 Å². The number of carbonyl (C=O) groups is 1. The van der Waals surface area contributed by atoms with Crippen molar-refractivity contribution >= 4 is 6.03 Å². The smallest absolute Gasteiger partial charge is 0.379 e. The zero-order valence-corrected chi connectivity index (χ0v) is 10.7. The molecule has 1 aliphatic heterocycles. The van der Waals surface area contributed by atoms with E-state index in [1.165, 1.54) is 18.2 Å². The number of rotatable bonds is 3. The topological polar surface area (TPSA) is 50.4 Å². The highest BCUT2D eigenvalue weighted by Gasteiger charge is 2.32. The van der Waals surface area contributed by atoms with Crippen LogP contribution in [0.2, 0.25) is 0 Å². The Hall–Kier alpha value is -1.76. The molecule has 2 rings (SSSR count). The molecule has 2 amide bonds. The number of benzene rings is 1. The van der Waals surface area contributed by atoms with Crippen LogP contribution in [0, 0.1) is 0 Å². The molecule has 1 aromatic rings. The monoisotopic (exact) mass is 288 g/mol. The molecule has 4 nitrogen and oxygen atoms in total. The van der Waals surface area contributed by atoms with E-state index in [-0.39, 0.29) is 18.2 Å². The lowest BCUT2D eigenvalue weighted by molar-refractivity contribution is -0.138. The van der Waals surface area contributed by atoms with Crippen LogP contribution < -0.4 is 10.6 Å². The molecule has 110 valence electrons. The van der Waals surface area contributed by atoms with Crippen molar-refractivity contribution in [3.05, 3.63) is 35.4 Å². The van der Waals surface area contributed by atoms with Gasteiger partial charge in [0.25, 0.3) is 0 Å². The van der Waals surface area contributed by atoms with E-state index < -0.39 is 17.8 Å². The Morgan fingerprint density at radius 2 is 2.10 bits per heavy atom. The van der Waals surface area contributed by atoms with E-state index in [0.29, 0.717) is 19.6 Å². The molecule has 2 N–H and O–H groups in total. The number of urea groups is 1. The summed E-state index contributed by atoms with van der Waals surface area (Å²) < 4.78 is 43.4. The molecule has 1 atom stereocenters. The van der Waals surface area contributed by atoms with Gasteiger partial charge >= 0.3 is 12.2 Å². The highest BCUT2D eigenvalue weighted by Crippen LogP contribution is 2.31. The third-order valence-electron chi connectivity index (χ3n) is 3.03. The quantitative estimate of drug-likeness (QED) is 0.896. The first-order valence-corrected chi connectivity index (χ1v) is 6.24. The number of halogens is 3. The van der Waals surface area contributed by atoms with Crippen molar-refractivity contribution in [1.82, 2.24) is 10.6 Å². The first kappa shape index (κ1) is 14.6. The van der Waals surface area contributed by atoms with Crippen molar-refractivity contribution in [3.8, 4) is 0 Å². The first-order valence-electron chi connectivity index (χ1n) is 6.24. The van der Waals surface area contributed by atoms with Crippen molar-refractivity contribution < 1.29 is 22.7 Å². The number of ether oxygens (including phenoxy) is 1. The molecular weight excluding hydrogens is 273 g/mol. The van der Waals surface area contributed by atoms with Gasteiger partial charge in [0, 0.05) is 13.2 Å². The second-order valence-corrected chi connectivity index (χ2v) is 4.54. The number of nitrogens with one attached hydrogen (secondary N) is 2. The van der Waals surface area contributed by atoms with Crippen molar-refractivity contribution in [2.45, 2.75) is 25.2 Å². The molecular formula is C13H15F3N2O2. The van der Waals surface area contributed by atoms with Gasteiger partial charge in [-0.2, -0.15) is 13.2 Å². The van der Waals surface area contributed by atoms with Gasteiger partial charge in [0.05, 0.1) is 18.2 Å². The van der Waals surface area contributed by atoms with Crippen molar-refractivity contribution in [3.63, 3.8) is 0 Å². The summed E-state index contributed by atoms with van der Waals surface area (Å²) in [7, 11) is 0. The summed E-state index contributed by atoms with van der Waals surface area (Å²) in [5.41, 5.74) is -0.692. The van der Waals surface area contributed by atoms with E-state index in [1.807, 2.05) is 0 Å². The Balaban J connectivity index is 1.92. The van der Waals surface area contributed by atoms with Gasteiger partial charge in [0.1, 0.15) is 0 Å². The number of amides is 2. The average Bonchev–Trinajstić information content (AvgIpc) is 2.88. The van der Waals surface area contributed by atoms with Gasteiger partial charge in [0.15, 0.2) is 0 Å². The van der Waals surface area contributed by atoms with Gasteiger partial charge in [-0.3, -0.25) is 0 Å². The highest BCUT2D eigenvalue weighted by molar-refractivity contribution is 5.74. The molecule has 0 saturated carbocycles. The fourth-order valence-electron chi connectivity index (χ4n) is 2.01. The van der Waals surface area contributed by atoms with Crippen LogP contribution in [0.3, 0.4) is 0 Å². The van der Waals surface area contributed by atoms with Gasteiger partial charge < -0.3 is 15.4 Å². The minimum atomic E-state index is -4.42. The maximum Gasteiger partial charge on any atom is 0.416 e. The lowest BCUT2D eigenvalue weighted by atomic mass is 10.1. The van der Waals surface area contributed by atoms with Gasteiger partial charge in [-0.25, -0.2) is 4.79 Å². The Bertz CT molecular complexity index is 471. The predicted octanol–water partition coefficient (Wildman–Crippen LogP) is 2.29. The van der Waals surface area contributed by atoms with E-state index in [4.69, 9.17) is 4.74 Å². The second-order valence-electron chi connectivity index (χ2n) is 4.54. The van der Waals surface area contributed by atoms with E-state index >= 15 is 0 Å². The van der Waals surface area contributed by atoms with Crippen molar-refractivity contribution in [2.24, 2.45) is 0 Å². The summed E-state index contributed by atoms with van der Waals surface area (Å²) in [6, 6.07) is 4.61. The fourth-order valence-corrected chi connectivity index (χ4v) is 2.01. The van der Waals surface area contributed by atoms with Crippen LogP contribution >= 0.6 is 0 Å². The fraction of sp³-hybridized carbons (Fsp3) is 0.462. The predicted molar refractivity (Wildman–Crippen MR) is 66.0 cm³/mol. The molecule has 1 fully saturated rings. The standard InChI is InChI=1S/C13H15F3N2O2/c14-13(15,16)11-4-2-1-3-9(11)7-17-12(19)18-10-5-6-20-8-10/h1-4,10H,5-8H2,(H2,17,18,19). The van der Waals surface area contributed by atoms with E-state index in [1.54, 1.807) is 0 Å². The molecule has 1 saturated heterocycles. The van der Waals surface area contributed by atoms with E-state index in [0.717, 1.165) is 6.07 Å². The van der Waals surface area contributed by atoms with Gasteiger partial charge in [-0.15, -0.1) is 0 Å². The van der Waals surface area contributed by atoms with Crippen molar-refractivity contribution in [2.75, 3.05) is 13.2 Å². The maximum absolute atomic E-state index is 12.8. The first-order chi connectivity index (χ1) is 9.47. The minimum Gasteiger partial charge on any atom is -0.379 e. The normalized spacial score (nSPS) is 18.9. The molecule has 0 radical (unpaired) electrons. The molecule has 1 heterocycles. The van der Waals surface area contributed by atoms with Gasteiger partial charge in [-0.05, 0) is 18.1 Å². The minimum absolute atomic E-state index is 0.0396. The molecule has 1 unspecified atom stereocenters. The molecule has 20 heavy (non-hydrogen) atoms. The average molecular weight is 288 g/mol. The number of hydrogen-bond donors (Lipinski definition) is 2. The van der Waals surface area contributed by atoms with E-state index in [9.17, 15) is 18.0 Å². The Labute approximate surface area is 114 Å². The summed E-state index contributed by atoms with van der Waals surface area (Å²) in [5, 5.41) is 5.08. The van der Waals surface area contributed by atoms with Crippen LogP contribution in [-0.2, 0) is 17.5 Å². The van der Waals surface area contributed by atoms with Gasteiger partial charge in [0.2, 0.25) is 0 Å². The molecule has 0 aliphatic carbocycles. The SMILES string of the molecule is O=C(NCc1ccccc1C(F)(F)F)NC1CCOC1. The van der Waals surface area contributed by atoms with Crippen LogP contribution in [0.15, 0.2) is 24.3 Å². The molecule has 0 aromatic heterocycles. The molecule has 7 heteroatoms. The lowest BCUT2D eigenvalue weighted by Crippen LogP contribution is -2.42. The van der Waals surface area contributed by atoms with Crippen molar-refractivity contribution in [1.29, 1.82) is 0 Å². The summed E-state index contributed by atoms with van der Waals surface area (Å²) in [6.07, 6.45) is -3.71. The third-order valence-corrected chi connectivity index (χ3v) is 3.03. The molecule has 1 aliphatic rings. The maximum atomic E-state index is 12.8. The Kier molecular flexibility index (Phi) is 4.49. The highest BCUT2D eigenvalue weighted by atomic mass is 19.4.